The Morgan fingerprint density at radius 3 is 1.94 bits per heavy atom. The van der Waals surface area contributed by atoms with Gasteiger partial charge in [-0.25, -0.2) is 9.78 Å². The van der Waals surface area contributed by atoms with Gasteiger partial charge in [0, 0.05) is 31.3 Å². The van der Waals surface area contributed by atoms with Crippen LogP contribution in [-0.2, 0) is 51.2 Å². The van der Waals surface area contributed by atoms with E-state index in [1.165, 1.54) is 36.8 Å². The van der Waals surface area contributed by atoms with Crippen molar-refractivity contribution in [2.24, 2.45) is 34.0 Å². The van der Waals surface area contributed by atoms with Crippen molar-refractivity contribution < 1.29 is 53.7 Å². The van der Waals surface area contributed by atoms with Crippen LogP contribution in [0.3, 0.4) is 0 Å². The summed E-state index contributed by atoms with van der Waals surface area (Å²) in [7, 11) is 0. The van der Waals surface area contributed by atoms with Crippen LogP contribution in [0.5, 0.6) is 5.75 Å². The summed E-state index contributed by atoms with van der Waals surface area (Å²) in [5.74, 6) is -8.63. The summed E-state index contributed by atoms with van der Waals surface area (Å²) in [6.45, 7) is 6.75. The molecule has 23 heteroatoms. The van der Waals surface area contributed by atoms with Gasteiger partial charge in [0.25, 0.3) is 0 Å². The van der Waals surface area contributed by atoms with E-state index >= 15 is 0 Å². The van der Waals surface area contributed by atoms with Crippen molar-refractivity contribution in [2.45, 2.75) is 109 Å². The van der Waals surface area contributed by atoms with E-state index in [0.717, 1.165) is 0 Å². The zero-order chi connectivity index (χ0) is 46.5. The van der Waals surface area contributed by atoms with E-state index in [4.69, 9.17) is 17.2 Å². The molecule has 0 spiro atoms. The molecule has 2 aromatic rings. The van der Waals surface area contributed by atoms with Crippen molar-refractivity contribution in [1.29, 1.82) is 0 Å². The molecule has 1 heterocycles. The lowest BCUT2D eigenvalue weighted by molar-refractivity contribution is -0.143. The first-order chi connectivity index (χ1) is 29.2. The number of rotatable bonds is 27. The van der Waals surface area contributed by atoms with Gasteiger partial charge >= 0.3 is 11.9 Å². The number of nitrogens with one attached hydrogen (secondary N) is 7. The number of aromatic hydroxyl groups is 1. The molecule has 0 bridgehead atoms. The third-order valence-corrected chi connectivity index (χ3v) is 9.53. The molecule has 0 aliphatic carbocycles. The van der Waals surface area contributed by atoms with Gasteiger partial charge in [-0.1, -0.05) is 46.2 Å². The Balaban J connectivity index is 2.30. The molecular weight excluding hydrogens is 813 g/mol. The largest absolute Gasteiger partial charge is 0.508 e. The average molecular weight is 873 g/mol. The summed E-state index contributed by atoms with van der Waals surface area (Å²) in [5.41, 5.74) is 17.7. The number of benzene rings is 1. The molecule has 62 heavy (non-hydrogen) atoms. The fraction of sp³-hybridized carbons (Fsp3) is 0.538. The maximum atomic E-state index is 13.9. The Bertz CT molecular complexity index is 1850. The second kappa shape index (κ2) is 25.8. The number of phenols is 1. The fourth-order valence-electron chi connectivity index (χ4n) is 5.89. The van der Waals surface area contributed by atoms with Crippen molar-refractivity contribution in [3.8, 4) is 5.75 Å². The maximum absolute atomic E-state index is 13.9. The number of carbonyl (C=O) groups excluding carboxylic acids is 6. The molecule has 0 fully saturated rings. The van der Waals surface area contributed by atoms with Gasteiger partial charge in [0.15, 0.2) is 5.96 Å². The predicted octanol–water partition coefficient (Wildman–Crippen LogP) is -2.53. The van der Waals surface area contributed by atoms with Crippen LogP contribution in [0.2, 0.25) is 0 Å². The minimum Gasteiger partial charge on any atom is -0.508 e. The number of aliphatic imine (C=N–C) groups is 1. The molecule has 7 atom stereocenters. The smallest absolute Gasteiger partial charge is 0.326 e. The van der Waals surface area contributed by atoms with E-state index in [9.17, 15) is 53.7 Å². The molecule has 0 saturated carbocycles. The normalized spacial score (nSPS) is 14.4. The Hall–Kier alpha value is -6.78. The van der Waals surface area contributed by atoms with E-state index in [0.29, 0.717) is 17.7 Å². The summed E-state index contributed by atoms with van der Waals surface area (Å²) in [5, 5.41) is 43.6. The quantitative estimate of drug-likeness (QED) is 0.0250. The van der Waals surface area contributed by atoms with Crippen LogP contribution in [0.1, 0.15) is 71.1 Å². The second-order valence-electron chi connectivity index (χ2n) is 15.2. The Labute approximate surface area is 358 Å². The maximum Gasteiger partial charge on any atom is 0.326 e. The first-order valence-corrected chi connectivity index (χ1v) is 20.0. The Kier molecular flexibility index (Phi) is 21.3. The molecule has 0 aliphatic heterocycles. The lowest BCUT2D eigenvalue weighted by Crippen LogP contribution is -2.59. The monoisotopic (exact) mass is 872 g/mol. The first-order valence-electron chi connectivity index (χ1n) is 20.0. The lowest BCUT2D eigenvalue weighted by atomic mass is 9.97. The van der Waals surface area contributed by atoms with Crippen LogP contribution in [-0.4, -0.2) is 128 Å². The van der Waals surface area contributed by atoms with Crippen LogP contribution in [0, 0.1) is 11.8 Å². The van der Waals surface area contributed by atoms with E-state index in [1.54, 1.807) is 6.92 Å². The molecule has 0 saturated heterocycles. The van der Waals surface area contributed by atoms with Gasteiger partial charge in [-0.15, -0.1) is 0 Å². The standard InChI is InChI=1S/C39H60N12O11/c1-5-21(4)32(40)37(60)50-26(13-20(2)3)33(56)45-18-30(53)47-27(15-23-17-43-19-46-23)35(58)48-25(7-6-12-44-39(41)42)34(57)49-28(16-31(54)55)36(59)51-29(38(61)62)14-22-8-10-24(52)11-9-22/h8-11,17,19-21,25-29,32,52H,5-7,12-16,18,40H2,1-4H3,(H,43,46)(H,45,56)(H,47,53)(H,48,58)(H,49,57)(H,50,60)(H,51,59)(H,54,55)(H,61,62)(H4,41,42,44)/t21-,25-,26-,27-,28-,29-,32-/m0/s1. The number of hydrogen-bond acceptors (Lipinski definition) is 12. The number of amides is 6. The van der Waals surface area contributed by atoms with Gasteiger partial charge in [0.1, 0.15) is 36.0 Å². The van der Waals surface area contributed by atoms with Gasteiger partial charge < -0.3 is 69.4 Å². The highest BCUT2D eigenvalue weighted by Gasteiger charge is 2.33. The molecule has 16 N–H and O–H groups in total. The van der Waals surface area contributed by atoms with Crippen LogP contribution >= 0.6 is 0 Å². The Morgan fingerprint density at radius 2 is 1.37 bits per heavy atom. The number of imidazole rings is 1. The van der Waals surface area contributed by atoms with Gasteiger partial charge in [-0.2, -0.15) is 0 Å². The summed E-state index contributed by atoms with van der Waals surface area (Å²) in [6, 6.07) is -2.68. The van der Waals surface area contributed by atoms with E-state index < -0.39 is 96.6 Å². The van der Waals surface area contributed by atoms with E-state index in [2.05, 4.69) is 46.9 Å². The highest BCUT2D eigenvalue weighted by Crippen LogP contribution is 2.13. The number of H-pyrrole nitrogens is 1. The number of aromatic nitrogens is 2. The second-order valence-corrected chi connectivity index (χ2v) is 15.2. The molecule has 1 aromatic heterocycles. The Morgan fingerprint density at radius 1 is 0.774 bits per heavy atom. The zero-order valence-electron chi connectivity index (χ0n) is 35.2. The number of phenolic OH excluding ortho intramolecular Hbond substituents is 1. The van der Waals surface area contributed by atoms with Crippen molar-refractivity contribution in [3.05, 3.63) is 48.0 Å². The third-order valence-electron chi connectivity index (χ3n) is 9.53. The molecule has 6 amide bonds. The zero-order valence-corrected chi connectivity index (χ0v) is 35.2. The number of aromatic amines is 1. The molecule has 2 rings (SSSR count). The number of carboxylic acid groups (broad SMARTS) is 2. The SMILES string of the molecule is CC[C@H](C)[C@H](N)C(=O)N[C@@H](CC(C)C)C(=O)NCC(=O)N[C@@H](Cc1cnc[nH]1)C(=O)N[C@@H](CCCN=C(N)N)C(=O)N[C@@H](CC(=O)O)C(=O)N[C@@H](Cc1ccc(O)cc1)C(=O)O. The number of carbonyl (C=O) groups is 8. The topological polar surface area (TPSA) is 389 Å². The number of nitrogens with zero attached hydrogens (tertiary/aromatic N) is 2. The molecule has 1 aromatic carbocycles. The van der Waals surface area contributed by atoms with Gasteiger partial charge in [-0.3, -0.25) is 38.6 Å². The highest BCUT2D eigenvalue weighted by molar-refractivity contribution is 5.97. The van der Waals surface area contributed by atoms with Crippen molar-refractivity contribution >= 4 is 53.3 Å². The molecule has 23 nitrogen and oxygen atoms in total. The number of nitrogens with two attached hydrogens (primary N) is 3. The number of guanidine groups is 1. The van der Waals surface area contributed by atoms with Gasteiger partial charge in [0.05, 0.1) is 25.3 Å². The number of hydrogen-bond donors (Lipinski definition) is 13. The minimum atomic E-state index is -1.82. The number of aliphatic carboxylic acids is 2. The molecule has 0 radical (unpaired) electrons. The summed E-state index contributed by atoms with van der Waals surface area (Å²) in [6.07, 6.45) is 2.08. The first kappa shape index (κ1) is 51.4. The summed E-state index contributed by atoms with van der Waals surface area (Å²) < 4.78 is 0. The molecule has 342 valence electrons. The number of carboxylic acids is 2. The van der Waals surface area contributed by atoms with Crippen molar-refractivity contribution in [3.63, 3.8) is 0 Å². The molecular formula is C39H60N12O11. The van der Waals surface area contributed by atoms with Crippen LogP contribution < -0.4 is 49.1 Å². The third kappa shape index (κ3) is 18.6. The van der Waals surface area contributed by atoms with Crippen molar-refractivity contribution in [1.82, 2.24) is 41.9 Å². The predicted molar refractivity (Wildman–Crippen MR) is 223 cm³/mol. The van der Waals surface area contributed by atoms with E-state index in [-0.39, 0.29) is 62.2 Å². The molecule has 0 aliphatic rings. The summed E-state index contributed by atoms with van der Waals surface area (Å²) in [4.78, 5) is 115. The van der Waals surface area contributed by atoms with Gasteiger partial charge in [0.2, 0.25) is 35.4 Å². The summed E-state index contributed by atoms with van der Waals surface area (Å²) >= 11 is 0. The van der Waals surface area contributed by atoms with Crippen molar-refractivity contribution in [2.75, 3.05) is 13.1 Å². The average Bonchev–Trinajstić information content (AvgIpc) is 3.72. The minimum absolute atomic E-state index is 0.00555. The lowest BCUT2D eigenvalue weighted by Gasteiger charge is -2.26. The fourth-order valence-corrected chi connectivity index (χ4v) is 5.89. The highest BCUT2D eigenvalue weighted by atomic mass is 16.4. The van der Waals surface area contributed by atoms with Gasteiger partial charge in [-0.05, 0) is 48.8 Å². The van der Waals surface area contributed by atoms with E-state index in [1.807, 2.05) is 20.8 Å². The molecule has 0 unspecified atom stereocenters. The van der Waals surface area contributed by atoms with Crippen LogP contribution in [0.25, 0.3) is 0 Å². The van der Waals surface area contributed by atoms with Crippen LogP contribution in [0.15, 0.2) is 41.8 Å². The van der Waals surface area contributed by atoms with Crippen LogP contribution in [0.4, 0.5) is 0 Å².